The second-order valence-electron chi connectivity index (χ2n) is 10.1. The van der Waals surface area contributed by atoms with Gasteiger partial charge >= 0.3 is 0 Å². The van der Waals surface area contributed by atoms with Crippen LogP contribution >= 0.6 is 11.3 Å². The average molecular weight is 516 g/mol. The molecule has 182 valence electrons. The van der Waals surface area contributed by atoms with Gasteiger partial charge in [0.25, 0.3) is 0 Å². The minimum atomic E-state index is 0.990. The lowest BCUT2D eigenvalue weighted by Gasteiger charge is -2.10. The summed E-state index contributed by atoms with van der Waals surface area (Å²) in [6, 6.07) is 43.4. The van der Waals surface area contributed by atoms with Crippen LogP contribution in [0.1, 0.15) is 0 Å². The molecule has 9 rings (SSSR count). The van der Waals surface area contributed by atoms with E-state index >= 15 is 0 Å². The predicted octanol–water partition coefficient (Wildman–Crippen LogP) is 9.85. The summed E-state index contributed by atoms with van der Waals surface area (Å²) in [4.78, 5) is 8.85. The fourth-order valence-corrected chi connectivity index (χ4v) is 7.29. The van der Waals surface area contributed by atoms with Crippen molar-refractivity contribution in [1.29, 1.82) is 0 Å². The highest BCUT2D eigenvalue weighted by molar-refractivity contribution is 7.26. The second-order valence-corrected chi connectivity index (χ2v) is 11.2. The predicted molar refractivity (Wildman–Crippen MR) is 166 cm³/mol. The molecule has 0 atom stereocenters. The first-order valence-electron chi connectivity index (χ1n) is 13.2. The Morgan fingerprint density at radius 1 is 0.590 bits per heavy atom. The molecule has 0 aliphatic rings. The molecule has 0 saturated heterocycles. The van der Waals surface area contributed by atoms with Gasteiger partial charge in [0.1, 0.15) is 0 Å². The van der Waals surface area contributed by atoms with Gasteiger partial charge in [0.15, 0.2) is 0 Å². The zero-order valence-electron chi connectivity index (χ0n) is 20.8. The van der Waals surface area contributed by atoms with Crippen LogP contribution in [0.25, 0.3) is 80.9 Å². The maximum Gasteiger partial charge on any atom is 0.0971 e. The van der Waals surface area contributed by atoms with Crippen LogP contribution < -0.4 is 0 Å². The summed E-state index contributed by atoms with van der Waals surface area (Å²) in [6.45, 7) is 0. The van der Waals surface area contributed by atoms with Gasteiger partial charge in [-0.25, -0.2) is 4.98 Å². The third-order valence-corrected chi connectivity index (χ3v) is 9.06. The van der Waals surface area contributed by atoms with Crippen LogP contribution in [-0.4, -0.2) is 14.5 Å². The number of aromatic nitrogens is 3. The van der Waals surface area contributed by atoms with Crippen molar-refractivity contribution in [2.24, 2.45) is 0 Å². The number of benzene rings is 5. The van der Waals surface area contributed by atoms with Gasteiger partial charge in [-0.3, -0.25) is 0 Å². The molecule has 0 aliphatic carbocycles. The summed E-state index contributed by atoms with van der Waals surface area (Å²) < 4.78 is 5.03. The molecule has 0 bridgehead atoms. The van der Waals surface area contributed by atoms with Crippen molar-refractivity contribution in [3.63, 3.8) is 0 Å². The molecule has 3 nitrogen and oxygen atoms in total. The summed E-state index contributed by atoms with van der Waals surface area (Å²) in [5.41, 5.74) is 8.94. The molecular weight excluding hydrogens is 494 g/mol. The highest BCUT2D eigenvalue weighted by Gasteiger charge is 2.20. The first-order chi connectivity index (χ1) is 19.3. The van der Waals surface area contributed by atoms with Gasteiger partial charge < -0.3 is 9.55 Å². The lowest BCUT2D eigenvalue weighted by molar-refractivity contribution is 1.19. The highest BCUT2D eigenvalue weighted by atomic mass is 32.1. The molecule has 0 spiro atoms. The SMILES string of the molecule is c1ccc(-c2ccc3c(n2)c2ccc4sc5ccccc5c4c2n3-c2ccc3[nH]c4ccccc4c3c2)cc1. The average Bonchev–Trinajstić information content (AvgIpc) is 3.66. The molecular formula is C35H21N3S. The molecule has 4 heterocycles. The van der Waals surface area contributed by atoms with Crippen molar-refractivity contribution in [2.45, 2.75) is 0 Å². The summed E-state index contributed by atoms with van der Waals surface area (Å²) in [5.74, 6) is 0. The number of hydrogen-bond donors (Lipinski definition) is 1. The van der Waals surface area contributed by atoms with E-state index in [1.165, 1.54) is 41.8 Å². The van der Waals surface area contributed by atoms with Crippen LogP contribution in [0.2, 0.25) is 0 Å². The van der Waals surface area contributed by atoms with E-state index in [0.717, 1.165) is 39.0 Å². The minimum Gasteiger partial charge on any atom is -0.355 e. The second kappa shape index (κ2) is 7.79. The van der Waals surface area contributed by atoms with Crippen molar-refractivity contribution in [2.75, 3.05) is 0 Å². The van der Waals surface area contributed by atoms with Crippen LogP contribution in [0, 0.1) is 0 Å². The topological polar surface area (TPSA) is 33.6 Å². The zero-order valence-corrected chi connectivity index (χ0v) is 21.7. The van der Waals surface area contributed by atoms with Crippen LogP contribution in [0.15, 0.2) is 121 Å². The summed E-state index contributed by atoms with van der Waals surface area (Å²) >= 11 is 1.86. The van der Waals surface area contributed by atoms with Crippen molar-refractivity contribution in [3.8, 4) is 16.9 Å². The van der Waals surface area contributed by atoms with Gasteiger partial charge in [0.05, 0.1) is 22.2 Å². The quantitative estimate of drug-likeness (QED) is 0.244. The maximum atomic E-state index is 5.27. The first kappa shape index (κ1) is 21.1. The Labute approximate surface area is 227 Å². The number of pyridine rings is 1. The Morgan fingerprint density at radius 2 is 1.38 bits per heavy atom. The van der Waals surface area contributed by atoms with E-state index in [2.05, 4.69) is 125 Å². The summed E-state index contributed by atoms with van der Waals surface area (Å²) in [7, 11) is 0. The van der Waals surface area contributed by atoms with Gasteiger partial charge in [0.2, 0.25) is 0 Å². The lowest BCUT2D eigenvalue weighted by Crippen LogP contribution is -1.94. The zero-order chi connectivity index (χ0) is 25.5. The number of rotatable bonds is 2. The van der Waals surface area contributed by atoms with Crippen LogP contribution in [0.5, 0.6) is 0 Å². The minimum absolute atomic E-state index is 0.990. The molecule has 0 radical (unpaired) electrons. The molecule has 9 aromatic rings. The van der Waals surface area contributed by atoms with E-state index in [1.54, 1.807) is 0 Å². The Bertz CT molecular complexity index is 2390. The largest absolute Gasteiger partial charge is 0.355 e. The van der Waals surface area contributed by atoms with Gasteiger partial charge in [-0.15, -0.1) is 11.3 Å². The Balaban J connectivity index is 1.45. The Hall–Kier alpha value is -4.93. The lowest BCUT2D eigenvalue weighted by atomic mass is 10.1. The van der Waals surface area contributed by atoms with Gasteiger partial charge in [-0.1, -0.05) is 66.7 Å². The Kier molecular flexibility index (Phi) is 4.21. The van der Waals surface area contributed by atoms with E-state index in [-0.39, 0.29) is 0 Å². The molecule has 0 amide bonds. The number of thiophene rings is 1. The van der Waals surface area contributed by atoms with E-state index in [0.29, 0.717) is 0 Å². The molecule has 39 heavy (non-hydrogen) atoms. The molecule has 0 saturated carbocycles. The molecule has 5 aromatic carbocycles. The van der Waals surface area contributed by atoms with Crippen LogP contribution in [-0.2, 0) is 0 Å². The number of H-pyrrole nitrogens is 1. The number of fused-ring (bicyclic) bond motifs is 10. The van der Waals surface area contributed by atoms with E-state index in [4.69, 9.17) is 4.98 Å². The van der Waals surface area contributed by atoms with E-state index in [9.17, 15) is 0 Å². The van der Waals surface area contributed by atoms with Crippen LogP contribution in [0.3, 0.4) is 0 Å². The highest BCUT2D eigenvalue weighted by Crippen LogP contribution is 2.43. The van der Waals surface area contributed by atoms with Crippen molar-refractivity contribution < 1.29 is 0 Å². The maximum absolute atomic E-state index is 5.27. The fourth-order valence-electron chi connectivity index (χ4n) is 6.19. The molecule has 0 unspecified atom stereocenters. The Morgan fingerprint density at radius 3 is 2.31 bits per heavy atom. The monoisotopic (exact) mass is 515 g/mol. The summed E-state index contributed by atoms with van der Waals surface area (Å²) in [6.07, 6.45) is 0. The van der Waals surface area contributed by atoms with Crippen LogP contribution in [0.4, 0.5) is 0 Å². The molecule has 0 aliphatic heterocycles. The van der Waals surface area contributed by atoms with Gasteiger partial charge in [-0.2, -0.15) is 0 Å². The third-order valence-electron chi connectivity index (χ3n) is 7.93. The van der Waals surface area contributed by atoms with Gasteiger partial charge in [0, 0.05) is 58.6 Å². The number of aromatic amines is 1. The third kappa shape index (κ3) is 2.95. The number of hydrogen-bond acceptors (Lipinski definition) is 2. The van der Waals surface area contributed by atoms with E-state index in [1.807, 2.05) is 17.4 Å². The standard InChI is InChI=1S/C35H21N3S/c1-2-8-21(9-3-1)27-17-18-30-34(37-27)25-15-19-32-33(24-11-5-7-13-31(24)39-32)35(25)38(30)22-14-16-29-26(20-22)23-10-4-6-12-28(23)36-29/h1-20,36H. The van der Waals surface area contributed by atoms with E-state index < -0.39 is 0 Å². The normalized spacial score (nSPS) is 12.1. The smallest absolute Gasteiger partial charge is 0.0971 e. The summed E-state index contributed by atoms with van der Waals surface area (Å²) in [5, 5.41) is 6.24. The molecule has 4 aromatic heterocycles. The molecule has 1 N–H and O–H groups in total. The van der Waals surface area contributed by atoms with Crippen molar-refractivity contribution >= 4 is 75.3 Å². The number of nitrogens with zero attached hydrogens (tertiary/aromatic N) is 2. The molecule has 0 fully saturated rings. The van der Waals surface area contributed by atoms with Crippen molar-refractivity contribution in [3.05, 3.63) is 121 Å². The van der Waals surface area contributed by atoms with Gasteiger partial charge in [-0.05, 0) is 54.6 Å². The number of nitrogens with one attached hydrogen (secondary N) is 1. The first-order valence-corrected chi connectivity index (χ1v) is 14.0. The van der Waals surface area contributed by atoms with Crippen molar-refractivity contribution in [1.82, 2.24) is 14.5 Å². The molecule has 4 heteroatoms. The fraction of sp³-hybridized carbons (Fsp3) is 0. The number of para-hydroxylation sites is 1.